The zero-order valence-corrected chi connectivity index (χ0v) is 10.8. The van der Waals surface area contributed by atoms with Crippen molar-refractivity contribution in [2.75, 3.05) is 13.7 Å². The second-order valence-corrected chi connectivity index (χ2v) is 4.83. The molecule has 5 nitrogen and oxygen atoms in total. The summed E-state index contributed by atoms with van der Waals surface area (Å²) < 4.78 is 22.3. The molecule has 0 amide bonds. The molecular weight excluding hydrogens is 248 g/mol. The van der Waals surface area contributed by atoms with Crippen molar-refractivity contribution in [3.05, 3.63) is 35.9 Å². The van der Waals surface area contributed by atoms with E-state index in [-0.39, 0.29) is 24.9 Å². The van der Waals surface area contributed by atoms with Crippen LogP contribution in [0.2, 0.25) is 0 Å². The maximum atomic E-state index is 9.75. The summed E-state index contributed by atoms with van der Waals surface area (Å²) in [7, 11) is 1.57. The van der Waals surface area contributed by atoms with Gasteiger partial charge in [-0.15, -0.1) is 0 Å². The summed E-state index contributed by atoms with van der Waals surface area (Å²) >= 11 is 0. The minimum atomic E-state index is -0.604. The van der Waals surface area contributed by atoms with Crippen molar-refractivity contribution >= 4 is 0 Å². The fourth-order valence-electron chi connectivity index (χ4n) is 2.59. The number of methoxy groups -OCH3 is 1. The van der Waals surface area contributed by atoms with E-state index in [1.165, 1.54) is 0 Å². The Labute approximate surface area is 112 Å². The van der Waals surface area contributed by atoms with Gasteiger partial charge >= 0.3 is 0 Å². The summed E-state index contributed by atoms with van der Waals surface area (Å²) in [6.07, 6.45) is -2.02. The number of ether oxygens (including phenoxy) is 4. The van der Waals surface area contributed by atoms with Crippen LogP contribution < -0.4 is 0 Å². The Morgan fingerprint density at radius 1 is 1.26 bits per heavy atom. The van der Waals surface area contributed by atoms with Crippen LogP contribution in [0.5, 0.6) is 0 Å². The first-order valence-electron chi connectivity index (χ1n) is 6.43. The van der Waals surface area contributed by atoms with Crippen LogP contribution in [-0.2, 0) is 25.6 Å². The van der Waals surface area contributed by atoms with Gasteiger partial charge in [-0.05, 0) is 5.56 Å². The molecule has 0 aliphatic carbocycles. The first kappa shape index (κ1) is 13.0. The Balaban J connectivity index is 1.65. The van der Waals surface area contributed by atoms with Gasteiger partial charge in [-0.1, -0.05) is 30.3 Å². The Morgan fingerprint density at radius 3 is 2.79 bits per heavy atom. The van der Waals surface area contributed by atoms with Crippen molar-refractivity contribution in [3.63, 3.8) is 0 Å². The maximum Gasteiger partial charge on any atom is 0.186 e. The third-order valence-electron chi connectivity index (χ3n) is 3.56. The standard InChI is InChI=1S/C14H18O5/c1-16-14-13(12-11(19-14)10(15)8-18-12)17-7-9-5-3-2-4-6-9/h2-6,10-15H,7-8H2,1H3/t10-,11+,12-,13-,14+/m0/s1. The second-order valence-electron chi connectivity index (χ2n) is 4.83. The normalized spacial score (nSPS) is 37.5. The van der Waals surface area contributed by atoms with E-state index in [0.29, 0.717) is 6.61 Å². The number of benzene rings is 1. The molecule has 104 valence electrons. The molecule has 1 aromatic rings. The molecule has 1 N–H and O–H groups in total. The number of rotatable bonds is 4. The molecule has 2 heterocycles. The Kier molecular flexibility index (Phi) is 3.81. The first-order chi connectivity index (χ1) is 9.29. The van der Waals surface area contributed by atoms with Gasteiger partial charge in [0.1, 0.15) is 24.4 Å². The monoisotopic (exact) mass is 266 g/mol. The lowest BCUT2D eigenvalue weighted by atomic mass is 10.1. The van der Waals surface area contributed by atoms with E-state index >= 15 is 0 Å². The zero-order valence-electron chi connectivity index (χ0n) is 10.8. The molecule has 0 spiro atoms. The van der Waals surface area contributed by atoms with Gasteiger partial charge in [0.15, 0.2) is 6.29 Å². The second kappa shape index (κ2) is 5.56. The highest BCUT2D eigenvalue weighted by atomic mass is 16.7. The lowest BCUT2D eigenvalue weighted by Crippen LogP contribution is -2.35. The SMILES string of the molecule is CO[C@@H]1O[C@H]2[C@H](OC[C@@H]2O)[C@@H]1OCc1ccccc1. The lowest BCUT2D eigenvalue weighted by molar-refractivity contribution is -0.182. The van der Waals surface area contributed by atoms with Gasteiger partial charge in [-0.2, -0.15) is 0 Å². The van der Waals surface area contributed by atoms with E-state index in [1.54, 1.807) is 7.11 Å². The fraction of sp³-hybridized carbons (Fsp3) is 0.571. The topological polar surface area (TPSA) is 57.2 Å². The van der Waals surface area contributed by atoms with E-state index in [1.807, 2.05) is 30.3 Å². The highest BCUT2D eigenvalue weighted by molar-refractivity contribution is 5.13. The zero-order chi connectivity index (χ0) is 13.2. The van der Waals surface area contributed by atoms with E-state index in [9.17, 15) is 5.11 Å². The predicted molar refractivity (Wildman–Crippen MR) is 66.4 cm³/mol. The summed E-state index contributed by atoms with van der Waals surface area (Å²) in [6.45, 7) is 0.758. The highest BCUT2D eigenvalue weighted by Gasteiger charge is 2.53. The van der Waals surface area contributed by atoms with Crippen molar-refractivity contribution < 1.29 is 24.1 Å². The molecule has 2 aliphatic rings. The summed E-state index contributed by atoms with van der Waals surface area (Å²) in [5.74, 6) is 0. The van der Waals surface area contributed by atoms with Gasteiger partial charge in [0.2, 0.25) is 0 Å². The van der Waals surface area contributed by atoms with Crippen molar-refractivity contribution in [1.82, 2.24) is 0 Å². The molecule has 3 rings (SSSR count). The van der Waals surface area contributed by atoms with Crippen LogP contribution in [0.15, 0.2) is 30.3 Å². The molecule has 0 aromatic heterocycles. The Hall–Kier alpha value is -0.980. The molecule has 19 heavy (non-hydrogen) atoms. The largest absolute Gasteiger partial charge is 0.388 e. The predicted octanol–water partition coefficient (Wildman–Crippen LogP) is 0.703. The first-order valence-corrected chi connectivity index (χ1v) is 6.43. The van der Waals surface area contributed by atoms with Crippen molar-refractivity contribution in [2.45, 2.75) is 37.3 Å². The van der Waals surface area contributed by atoms with Crippen LogP contribution in [-0.4, -0.2) is 49.5 Å². The minimum Gasteiger partial charge on any atom is -0.388 e. The van der Waals surface area contributed by atoms with Gasteiger partial charge < -0.3 is 24.1 Å². The number of aliphatic hydroxyl groups excluding tert-OH is 1. The molecule has 2 fully saturated rings. The van der Waals surface area contributed by atoms with Gasteiger partial charge in [-0.3, -0.25) is 0 Å². The highest BCUT2D eigenvalue weighted by Crippen LogP contribution is 2.33. The Morgan fingerprint density at radius 2 is 2.05 bits per heavy atom. The fourth-order valence-corrected chi connectivity index (χ4v) is 2.59. The van der Waals surface area contributed by atoms with Crippen LogP contribution in [0, 0.1) is 0 Å². The van der Waals surface area contributed by atoms with Crippen LogP contribution in [0.25, 0.3) is 0 Å². The van der Waals surface area contributed by atoms with Gasteiger partial charge in [0.05, 0.1) is 13.2 Å². The Bertz CT molecular complexity index is 410. The number of hydrogen-bond acceptors (Lipinski definition) is 5. The molecule has 2 aliphatic heterocycles. The third-order valence-corrected chi connectivity index (χ3v) is 3.56. The van der Waals surface area contributed by atoms with E-state index in [2.05, 4.69) is 0 Å². The molecule has 0 radical (unpaired) electrons. The smallest absolute Gasteiger partial charge is 0.186 e. The lowest BCUT2D eigenvalue weighted by Gasteiger charge is -2.21. The van der Waals surface area contributed by atoms with E-state index < -0.39 is 12.4 Å². The van der Waals surface area contributed by atoms with Crippen LogP contribution >= 0.6 is 0 Å². The molecule has 5 heteroatoms. The average molecular weight is 266 g/mol. The summed E-state index contributed by atoms with van der Waals surface area (Å²) in [5, 5.41) is 9.75. The van der Waals surface area contributed by atoms with E-state index in [4.69, 9.17) is 18.9 Å². The quantitative estimate of drug-likeness (QED) is 0.869. The molecular formula is C14H18O5. The van der Waals surface area contributed by atoms with Crippen molar-refractivity contribution in [2.24, 2.45) is 0 Å². The summed E-state index contributed by atoms with van der Waals surface area (Å²) in [5.41, 5.74) is 1.08. The van der Waals surface area contributed by atoms with E-state index in [0.717, 1.165) is 5.56 Å². The molecule has 1 aromatic carbocycles. The third kappa shape index (κ3) is 2.52. The summed E-state index contributed by atoms with van der Waals surface area (Å²) in [6, 6.07) is 9.90. The molecule has 0 saturated carbocycles. The van der Waals surface area contributed by atoms with Crippen molar-refractivity contribution in [3.8, 4) is 0 Å². The van der Waals surface area contributed by atoms with Crippen LogP contribution in [0.1, 0.15) is 5.56 Å². The molecule has 5 atom stereocenters. The van der Waals surface area contributed by atoms with Gasteiger partial charge in [0.25, 0.3) is 0 Å². The molecule has 0 unspecified atom stereocenters. The van der Waals surface area contributed by atoms with Gasteiger partial charge in [0, 0.05) is 7.11 Å². The van der Waals surface area contributed by atoms with Crippen LogP contribution in [0.3, 0.4) is 0 Å². The molecule has 0 bridgehead atoms. The number of fused-ring (bicyclic) bond motifs is 1. The maximum absolute atomic E-state index is 9.75. The average Bonchev–Trinajstić information content (AvgIpc) is 2.98. The number of hydrogen-bond donors (Lipinski definition) is 1. The van der Waals surface area contributed by atoms with Crippen molar-refractivity contribution in [1.29, 1.82) is 0 Å². The number of aliphatic hydroxyl groups is 1. The summed E-state index contributed by atoms with van der Waals surface area (Å²) in [4.78, 5) is 0. The molecule has 2 saturated heterocycles. The van der Waals surface area contributed by atoms with Gasteiger partial charge in [-0.25, -0.2) is 0 Å². The van der Waals surface area contributed by atoms with Crippen LogP contribution in [0.4, 0.5) is 0 Å². The minimum absolute atomic E-state index is 0.260.